The van der Waals surface area contributed by atoms with Gasteiger partial charge in [0.05, 0.1) is 14.1 Å². The van der Waals surface area contributed by atoms with Crippen LogP contribution in [-0.2, 0) is 0 Å². The molecular weight excluding hydrogens is 122 g/mol. The summed E-state index contributed by atoms with van der Waals surface area (Å²) in [5, 5.41) is 0. The van der Waals surface area contributed by atoms with E-state index < -0.39 is 0 Å². The van der Waals surface area contributed by atoms with Crippen LogP contribution in [0.5, 0.6) is 0 Å². The van der Waals surface area contributed by atoms with Crippen LogP contribution in [0.25, 0.3) is 0 Å². The van der Waals surface area contributed by atoms with Gasteiger partial charge in [0, 0.05) is 0 Å². The van der Waals surface area contributed by atoms with Crippen LogP contribution in [-0.4, -0.2) is 31.7 Å². The molecular formula is C9H16N+. The molecule has 10 heavy (non-hydrogen) atoms. The van der Waals surface area contributed by atoms with E-state index in [0.717, 1.165) is 24.0 Å². The maximum absolute atomic E-state index is 3.98. The molecule has 0 aromatic carbocycles. The molecule has 1 saturated heterocycles. The molecule has 0 unspecified atom stereocenters. The number of piperidine rings is 1. The molecule has 0 spiro atoms. The third kappa shape index (κ3) is 1.71. The largest absolute Gasteiger partial charge is 0.322 e. The Labute approximate surface area is 63.2 Å². The van der Waals surface area contributed by atoms with Crippen molar-refractivity contribution in [1.29, 1.82) is 0 Å². The zero-order valence-corrected chi connectivity index (χ0v) is 6.98. The van der Waals surface area contributed by atoms with Crippen molar-refractivity contribution in [1.82, 2.24) is 0 Å². The van der Waals surface area contributed by atoms with Gasteiger partial charge in [-0.25, -0.2) is 0 Å². The highest BCUT2D eigenvalue weighted by Crippen LogP contribution is 2.20. The highest BCUT2D eigenvalue weighted by atomic mass is 15.3. The Morgan fingerprint density at radius 3 is 1.80 bits per heavy atom. The van der Waals surface area contributed by atoms with Crippen LogP contribution < -0.4 is 0 Å². The van der Waals surface area contributed by atoms with Gasteiger partial charge < -0.3 is 4.48 Å². The van der Waals surface area contributed by atoms with Crippen LogP contribution >= 0.6 is 0 Å². The van der Waals surface area contributed by atoms with Crippen LogP contribution in [0.3, 0.4) is 0 Å². The molecule has 0 aromatic rings. The Hall–Kier alpha value is -0.560. The van der Waals surface area contributed by atoms with Crippen molar-refractivity contribution < 1.29 is 4.48 Å². The van der Waals surface area contributed by atoms with Crippen LogP contribution in [0.4, 0.5) is 0 Å². The van der Waals surface area contributed by atoms with Crippen LogP contribution in [0.1, 0.15) is 6.42 Å². The molecule has 0 radical (unpaired) electrons. The lowest BCUT2D eigenvalue weighted by Crippen LogP contribution is -2.45. The summed E-state index contributed by atoms with van der Waals surface area (Å²) in [6, 6.07) is 0. The molecule has 56 valence electrons. The molecule has 0 saturated carbocycles. The quantitative estimate of drug-likeness (QED) is 0.352. The van der Waals surface area contributed by atoms with Gasteiger partial charge in [0.1, 0.15) is 13.1 Å². The molecule has 0 N–H and O–H groups in total. The van der Waals surface area contributed by atoms with Gasteiger partial charge in [0.25, 0.3) is 0 Å². The smallest absolute Gasteiger partial charge is 0.100 e. The van der Waals surface area contributed by atoms with Crippen molar-refractivity contribution in [3.8, 4) is 0 Å². The summed E-state index contributed by atoms with van der Waals surface area (Å²) in [6.45, 7) is 10.2. The number of likely N-dealkylation sites (N-methyl/N-ethyl adjacent to an activating group) is 1. The summed E-state index contributed by atoms with van der Waals surface area (Å²) in [4.78, 5) is 0. The van der Waals surface area contributed by atoms with Crippen molar-refractivity contribution in [2.24, 2.45) is 0 Å². The fourth-order valence-electron chi connectivity index (χ4n) is 1.73. The molecule has 1 heteroatoms. The maximum Gasteiger partial charge on any atom is 0.100 e. The SMILES string of the molecule is C=C1CC(=C)C[N+](C)(C)C1. The number of likely N-dealkylation sites (tertiary alicyclic amines) is 1. The summed E-state index contributed by atoms with van der Waals surface area (Å²) < 4.78 is 1.03. The molecule has 0 aliphatic carbocycles. The second-order valence-corrected chi connectivity index (χ2v) is 3.93. The lowest BCUT2D eigenvalue weighted by Gasteiger charge is -2.35. The first-order chi connectivity index (χ1) is 4.49. The van der Waals surface area contributed by atoms with Gasteiger partial charge in [0.15, 0.2) is 0 Å². The third-order valence-electron chi connectivity index (χ3n) is 1.80. The Balaban J connectivity index is 2.68. The molecule has 1 fully saturated rings. The van der Waals surface area contributed by atoms with Crippen LogP contribution in [0.2, 0.25) is 0 Å². The predicted molar refractivity (Wildman–Crippen MR) is 44.7 cm³/mol. The Morgan fingerprint density at radius 2 is 1.50 bits per heavy atom. The van der Waals surface area contributed by atoms with Gasteiger partial charge in [-0.2, -0.15) is 0 Å². The van der Waals surface area contributed by atoms with Crippen LogP contribution in [0.15, 0.2) is 24.3 Å². The lowest BCUT2D eigenvalue weighted by molar-refractivity contribution is -0.883. The van der Waals surface area contributed by atoms with Gasteiger partial charge in [-0.1, -0.05) is 13.2 Å². The summed E-state index contributed by atoms with van der Waals surface area (Å²) >= 11 is 0. The van der Waals surface area contributed by atoms with Gasteiger partial charge in [0.2, 0.25) is 0 Å². The number of rotatable bonds is 0. The standard InChI is InChI=1S/C9H16N/c1-8-5-9(2)7-10(3,4)6-8/h1-2,5-7H2,3-4H3/q+1. The number of hydrogen-bond acceptors (Lipinski definition) is 0. The monoisotopic (exact) mass is 138 g/mol. The number of quaternary nitrogens is 1. The zero-order chi connectivity index (χ0) is 7.78. The highest BCUT2D eigenvalue weighted by molar-refractivity contribution is 5.13. The predicted octanol–water partition coefficient (Wildman–Crippen LogP) is 1.58. The first kappa shape index (κ1) is 7.55. The van der Waals surface area contributed by atoms with E-state index in [4.69, 9.17) is 0 Å². The molecule has 1 nitrogen and oxygen atoms in total. The fourth-order valence-corrected chi connectivity index (χ4v) is 1.73. The summed E-state index contributed by atoms with van der Waals surface area (Å²) in [5.74, 6) is 0. The topological polar surface area (TPSA) is 0 Å². The second-order valence-electron chi connectivity index (χ2n) is 3.93. The molecule has 0 aromatic heterocycles. The van der Waals surface area contributed by atoms with Crippen molar-refractivity contribution in [3.05, 3.63) is 24.3 Å². The van der Waals surface area contributed by atoms with Crippen LogP contribution in [0, 0.1) is 0 Å². The van der Waals surface area contributed by atoms with E-state index in [-0.39, 0.29) is 0 Å². The van der Waals surface area contributed by atoms with E-state index in [9.17, 15) is 0 Å². The first-order valence-corrected chi connectivity index (χ1v) is 3.65. The maximum atomic E-state index is 3.98. The molecule has 1 aliphatic heterocycles. The Kier molecular flexibility index (Phi) is 1.69. The van der Waals surface area contributed by atoms with E-state index >= 15 is 0 Å². The highest BCUT2D eigenvalue weighted by Gasteiger charge is 2.23. The average Bonchev–Trinajstić information content (AvgIpc) is 1.54. The van der Waals surface area contributed by atoms with E-state index in [1.807, 2.05) is 0 Å². The number of hydrogen-bond donors (Lipinski definition) is 0. The van der Waals surface area contributed by atoms with Crippen molar-refractivity contribution in [2.45, 2.75) is 6.42 Å². The van der Waals surface area contributed by atoms with Crippen molar-refractivity contribution in [3.63, 3.8) is 0 Å². The Bertz CT molecular complexity index is 159. The summed E-state index contributed by atoms with van der Waals surface area (Å²) in [5.41, 5.74) is 2.64. The van der Waals surface area contributed by atoms with Gasteiger partial charge in [-0.3, -0.25) is 0 Å². The molecule has 0 bridgehead atoms. The summed E-state index contributed by atoms with van der Waals surface area (Å²) in [6.07, 6.45) is 1.04. The molecule has 1 rings (SSSR count). The minimum atomic E-state index is 1.03. The average molecular weight is 138 g/mol. The lowest BCUT2D eigenvalue weighted by atomic mass is 10.0. The molecule has 1 heterocycles. The first-order valence-electron chi connectivity index (χ1n) is 3.65. The minimum Gasteiger partial charge on any atom is -0.322 e. The van der Waals surface area contributed by atoms with Gasteiger partial charge in [-0.05, 0) is 17.6 Å². The summed E-state index contributed by atoms with van der Waals surface area (Å²) in [7, 11) is 4.44. The normalized spacial score (nSPS) is 25.0. The third-order valence-corrected chi connectivity index (χ3v) is 1.80. The molecule has 1 aliphatic rings. The van der Waals surface area contributed by atoms with Gasteiger partial charge in [-0.15, -0.1) is 0 Å². The fraction of sp³-hybridized carbons (Fsp3) is 0.556. The van der Waals surface area contributed by atoms with E-state index in [1.54, 1.807) is 0 Å². The van der Waals surface area contributed by atoms with Gasteiger partial charge >= 0.3 is 0 Å². The van der Waals surface area contributed by atoms with E-state index in [0.29, 0.717) is 0 Å². The van der Waals surface area contributed by atoms with Crippen molar-refractivity contribution in [2.75, 3.05) is 27.2 Å². The molecule has 0 amide bonds. The number of nitrogens with zero attached hydrogens (tertiary/aromatic N) is 1. The van der Waals surface area contributed by atoms with E-state index in [1.165, 1.54) is 11.1 Å². The zero-order valence-electron chi connectivity index (χ0n) is 6.98. The van der Waals surface area contributed by atoms with E-state index in [2.05, 4.69) is 27.3 Å². The molecule has 0 atom stereocenters. The van der Waals surface area contributed by atoms with Crippen molar-refractivity contribution >= 4 is 0 Å². The Morgan fingerprint density at radius 1 is 1.10 bits per heavy atom. The second kappa shape index (κ2) is 2.24. The minimum absolute atomic E-state index is 1.03.